The first-order valence-electron chi connectivity index (χ1n) is 25.4. The molecule has 75 heavy (non-hydrogen) atoms. The van der Waals surface area contributed by atoms with Crippen LogP contribution in [0.2, 0.25) is 0 Å². The molecule has 7 atom stereocenters. The van der Waals surface area contributed by atoms with Crippen LogP contribution in [0.15, 0.2) is 14.5 Å². The molecule has 0 radical (unpaired) electrons. The van der Waals surface area contributed by atoms with Gasteiger partial charge in [-0.25, -0.2) is 21.6 Å². The summed E-state index contributed by atoms with van der Waals surface area (Å²) in [5.74, 6) is -6.82. The molecule has 4 rings (SSSR count). The summed E-state index contributed by atoms with van der Waals surface area (Å²) in [6.45, 7) is 19.0. The fourth-order valence-corrected chi connectivity index (χ4v) is 13.7. The number of rotatable bonds is 33. The lowest BCUT2D eigenvalue weighted by atomic mass is 9.85. The summed E-state index contributed by atoms with van der Waals surface area (Å²) < 4.78 is 87.5. The normalized spacial score (nSPS) is 18.4. The molecule has 0 bridgehead atoms. The van der Waals surface area contributed by atoms with Gasteiger partial charge in [0, 0.05) is 132 Å². The number of esters is 1. The molecule has 422 valence electrons. The van der Waals surface area contributed by atoms with Crippen LogP contribution < -0.4 is 25.0 Å². The van der Waals surface area contributed by atoms with Crippen molar-refractivity contribution in [3.05, 3.63) is 11.6 Å². The quantitative estimate of drug-likeness (QED) is 0.0670. The summed E-state index contributed by atoms with van der Waals surface area (Å²) in [6, 6.07) is 0.762. The van der Waals surface area contributed by atoms with Crippen molar-refractivity contribution >= 4 is 89.7 Å². The number of carbonyl (C=O) groups is 7. The van der Waals surface area contributed by atoms with E-state index in [0.717, 1.165) is 11.7 Å². The predicted molar refractivity (Wildman–Crippen MR) is 281 cm³/mol. The topological polar surface area (TPSA) is 293 Å². The summed E-state index contributed by atoms with van der Waals surface area (Å²) in [4.78, 5) is 93.9. The fraction of sp³-hybridized carbons (Fsp3) is 0.735. The molecule has 6 unspecified atom stereocenters. The Kier molecular flexibility index (Phi) is 24.5. The number of nitrogens with one attached hydrogen (secondary N) is 3. The van der Waals surface area contributed by atoms with Crippen LogP contribution in [0.3, 0.4) is 0 Å². The van der Waals surface area contributed by atoms with Gasteiger partial charge in [0.2, 0.25) is 11.7 Å². The third kappa shape index (κ3) is 19.4. The zero-order chi connectivity index (χ0) is 55.8. The van der Waals surface area contributed by atoms with E-state index in [9.17, 15) is 50.4 Å². The number of ketones is 5. The standard InChI is InChI=1S/C49H77N7O15S4/c1-11-50-38-28-56(15-12-18-68-10)75(66,67)48-37(38)26-44(72-48)74(64,65)54-46(63)34(6)25-42(61)33(5)24-41(60)32(4)23-40(59)31(3)22-39(58)30(2)21-35(57)13-14-43(62)71-36(27-51-49(7,8)9)29-70-47-45(52-73-53-47)55-16-19-69-20-17-55/h26,30-34,36,38,50-51H,11-25,27-29H2,1-10H3,(H,54,63)/t30?,31?,32?,33?,34?,36?,38-/m1/s1. The highest BCUT2D eigenvalue weighted by Gasteiger charge is 2.41. The lowest BCUT2D eigenvalue weighted by Crippen LogP contribution is -2.44. The second-order valence-electron chi connectivity index (χ2n) is 20.6. The monoisotopic (exact) mass is 1130 g/mol. The second kappa shape index (κ2) is 29.0. The molecule has 2 aliphatic rings. The number of hydrogen-bond acceptors (Lipinski definition) is 22. The van der Waals surface area contributed by atoms with E-state index in [0.29, 0.717) is 68.9 Å². The number of nitrogens with zero attached hydrogens (tertiary/aromatic N) is 4. The van der Waals surface area contributed by atoms with Crippen molar-refractivity contribution in [1.82, 2.24) is 28.4 Å². The van der Waals surface area contributed by atoms with Gasteiger partial charge < -0.3 is 34.5 Å². The molecular weight excluding hydrogens is 1050 g/mol. The summed E-state index contributed by atoms with van der Waals surface area (Å²) in [5.41, 5.74) is -0.00211. The van der Waals surface area contributed by atoms with E-state index in [1.165, 1.54) is 31.3 Å². The lowest BCUT2D eigenvalue weighted by Gasteiger charge is -2.32. The summed E-state index contributed by atoms with van der Waals surface area (Å²) >= 11 is 1.56. The zero-order valence-corrected chi connectivity index (χ0v) is 48.2. The van der Waals surface area contributed by atoms with Crippen LogP contribution in [0.4, 0.5) is 5.82 Å². The van der Waals surface area contributed by atoms with E-state index in [1.54, 1.807) is 20.8 Å². The van der Waals surface area contributed by atoms with Crippen molar-refractivity contribution in [2.75, 3.05) is 77.7 Å². The molecule has 0 aliphatic carbocycles. The van der Waals surface area contributed by atoms with Gasteiger partial charge in [0.25, 0.3) is 25.9 Å². The number of morpholine rings is 1. The number of Topliss-reactive ketones (excluding diaryl/α,β-unsaturated/α-hetero) is 5. The number of ether oxygens (including phenoxy) is 4. The average molecular weight is 1130 g/mol. The van der Waals surface area contributed by atoms with Gasteiger partial charge in [0.15, 0.2) is 0 Å². The van der Waals surface area contributed by atoms with Crippen molar-refractivity contribution in [3.8, 4) is 5.88 Å². The van der Waals surface area contributed by atoms with Crippen molar-refractivity contribution in [2.24, 2.45) is 29.6 Å². The third-order valence-electron chi connectivity index (χ3n) is 12.9. The van der Waals surface area contributed by atoms with E-state index < -0.39 is 85.9 Å². The maximum atomic E-state index is 13.5. The number of methoxy groups -OCH3 is 1. The van der Waals surface area contributed by atoms with Crippen molar-refractivity contribution in [3.63, 3.8) is 0 Å². The maximum absolute atomic E-state index is 13.5. The first-order chi connectivity index (χ1) is 35.2. The van der Waals surface area contributed by atoms with Gasteiger partial charge in [0.1, 0.15) is 50.0 Å². The average Bonchev–Trinajstić information content (AvgIpc) is 4.03. The Balaban J connectivity index is 1.19. The Bertz CT molecular complexity index is 2520. The number of thiophene rings is 1. The Labute approximate surface area is 449 Å². The van der Waals surface area contributed by atoms with Gasteiger partial charge in [0.05, 0.1) is 31.4 Å². The number of amides is 1. The second-order valence-corrected chi connectivity index (χ2v) is 26.2. The van der Waals surface area contributed by atoms with Gasteiger partial charge in [-0.1, -0.05) is 41.5 Å². The number of carbonyl (C=O) groups excluding carboxylic acids is 7. The van der Waals surface area contributed by atoms with Gasteiger partial charge in [-0.15, -0.1) is 15.7 Å². The highest BCUT2D eigenvalue weighted by molar-refractivity contribution is 7.94. The van der Waals surface area contributed by atoms with E-state index in [4.69, 9.17) is 18.9 Å². The number of sulfonamides is 2. The third-order valence-corrected chi connectivity index (χ3v) is 18.7. The minimum atomic E-state index is -4.54. The van der Waals surface area contributed by atoms with Crippen LogP contribution in [-0.2, 0) is 67.8 Å². The molecule has 0 spiro atoms. The minimum absolute atomic E-state index is 0.00716. The summed E-state index contributed by atoms with van der Waals surface area (Å²) in [7, 11) is -7.07. The number of aromatic nitrogens is 2. The molecule has 1 saturated heterocycles. The predicted octanol–water partition coefficient (Wildman–Crippen LogP) is 4.07. The summed E-state index contributed by atoms with van der Waals surface area (Å²) in [5, 5.41) is 6.50. The largest absolute Gasteiger partial charge is 0.470 e. The van der Waals surface area contributed by atoms with Gasteiger partial charge in [-0.05, 0) is 39.8 Å². The van der Waals surface area contributed by atoms with Gasteiger partial charge in [-0.3, -0.25) is 33.6 Å². The molecule has 22 nitrogen and oxygen atoms in total. The van der Waals surface area contributed by atoms with E-state index >= 15 is 0 Å². The molecule has 3 N–H and O–H groups in total. The fourth-order valence-electron chi connectivity index (χ4n) is 8.21. The molecule has 0 saturated carbocycles. The van der Waals surface area contributed by atoms with E-state index in [-0.39, 0.29) is 107 Å². The lowest BCUT2D eigenvalue weighted by molar-refractivity contribution is -0.151. The molecular formula is C49H77N7O15S4. The van der Waals surface area contributed by atoms with Crippen molar-refractivity contribution in [2.45, 2.75) is 140 Å². The van der Waals surface area contributed by atoms with E-state index in [1.807, 2.05) is 37.3 Å². The highest BCUT2D eigenvalue weighted by atomic mass is 32.3. The number of anilines is 1. The summed E-state index contributed by atoms with van der Waals surface area (Å²) in [6.07, 6.45) is -1.78. The number of likely N-dealkylation sites (N-methyl/N-ethyl adjacent to an activating group) is 1. The van der Waals surface area contributed by atoms with Crippen LogP contribution in [0.25, 0.3) is 0 Å². The van der Waals surface area contributed by atoms with Crippen LogP contribution in [-0.4, -0.2) is 155 Å². The van der Waals surface area contributed by atoms with Gasteiger partial charge >= 0.3 is 5.97 Å². The number of fused-ring (bicyclic) bond motifs is 1. The molecule has 26 heteroatoms. The maximum Gasteiger partial charge on any atom is 0.306 e. The van der Waals surface area contributed by atoms with Crippen LogP contribution in [0.1, 0.15) is 125 Å². The minimum Gasteiger partial charge on any atom is -0.470 e. The molecule has 1 amide bonds. The molecule has 4 heterocycles. The van der Waals surface area contributed by atoms with Crippen molar-refractivity contribution in [1.29, 1.82) is 0 Å². The Hall–Kier alpha value is -4.15. The molecule has 2 aromatic heterocycles. The zero-order valence-electron chi connectivity index (χ0n) is 44.9. The first-order valence-corrected chi connectivity index (χ1v) is 29.9. The Morgan fingerprint density at radius 2 is 1.43 bits per heavy atom. The number of hydrogen-bond donors (Lipinski definition) is 3. The Morgan fingerprint density at radius 3 is 1.99 bits per heavy atom. The SMILES string of the molecule is CCN[C@@H]1CN(CCCOC)S(=O)(=O)c2sc(S(=O)(=O)NC(=O)C(C)CC(=O)C(C)CC(=O)C(C)CC(=O)C(C)CC(=O)C(C)CC(=O)CCC(=O)OC(CNC(C)(C)C)COc3nsnc3N3CCOCC3)cc21. The highest BCUT2D eigenvalue weighted by Crippen LogP contribution is 2.40. The van der Waals surface area contributed by atoms with Crippen molar-refractivity contribution < 1.29 is 69.3 Å². The van der Waals surface area contributed by atoms with E-state index in [2.05, 4.69) is 19.4 Å². The molecule has 2 aromatic rings. The first kappa shape index (κ1) is 63.4. The van der Waals surface area contributed by atoms with Crippen LogP contribution in [0.5, 0.6) is 5.88 Å². The Morgan fingerprint density at radius 1 is 0.853 bits per heavy atom. The smallest absolute Gasteiger partial charge is 0.306 e. The molecule has 0 aromatic carbocycles. The molecule has 2 aliphatic heterocycles. The van der Waals surface area contributed by atoms with Crippen LogP contribution in [0, 0.1) is 29.6 Å². The van der Waals surface area contributed by atoms with Crippen LogP contribution >= 0.6 is 23.1 Å². The molecule has 1 fully saturated rings. The van der Waals surface area contributed by atoms with Gasteiger partial charge in [-0.2, -0.15) is 8.68 Å².